The molecule has 1 fully saturated rings. The molecule has 2 N–H and O–H groups in total. The molecule has 156 valence electrons. The van der Waals surface area contributed by atoms with Crippen molar-refractivity contribution in [3.8, 4) is 11.4 Å². The van der Waals surface area contributed by atoms with Crippen LogP contribution in [0.3, 0.4) is 0 Å². The van der Waals surface area contributed by atoms with E-state index in [2.05, 4.69) is 52.1 Å². The molecule has 4 rings (SSSR count). The molecule has 0 radical (unpaired) electrons. The predicted octanol–water partition coefficient (Wildman–Crippen LogP) is 2.50. The van der Waals surface area contributed by atoms with Gasteiger partial charge in [-0.15, -0.1) is 0 Å². The molecule has 0 spiro atoms. The topological polar surface area (TPSA) is 130 Å². The molecule has 3 aromatic rings. The Kier molecular flexibility index (Phi) is 6.53. The van der Waals surface area contributed by atoms with Gasteiger partial charge in [0.05, 0.1) is 5.92 Å². The van der Waals surface area contributed by atoms with Crippen molar-refractivity contribution in [1.29, 1.82) is 0 Å². The van der Waals surface area contributed by atoms with Gasteiger partial charge in [-0.2, -0.15) is 4.98 Å². The molecule has 2 aromatic heterocycles. The molecule has 1 aromatic carbocycles. The average molecular weight is 410 g/mol. The van der Waals surface area contributed by atoms with E-state index in [1.54, 1.807) is 12.4 Å². The maximum Gasteiger partial charge on any atom is 0.414 e. The maximum atomic E-state index is 9.10. The number of hydrogen-bond acceptors (Lipinski definition) is 7. The van der Waals surface area contributed by atoms with E-state index in [1.807, 2.05) is 12.1 Å². The Hall–Kier alpha value is -3.59. The first-order valence-electron chi connectivity index (χ1n) is 9.32. The molecule has 1 aliphatic heterocycles. The van der Waals surface area contributed by atoms with Crippen molar-refractivity contribution < 1.29 is 24.3 Å². The number of carboxylic acid groups (broad SMARTS) is 2. The number of carboxylic acids is 2. The first-order valence-corrected chi connectivity index (χ1v) is 9.32. The smallest absolute Gasteiger partial charge is 0.414 e. The van der Waals surface area contributed by atoms with Crippen molar-refractivity contribution in [2.24, 2.45) is 0 Å². The van der Waals surface area contributed by atoms with Crippen LogP contribution in [0.15, 0.2) is 47.2 Å². The van der Waals surface area contributed by atoms with Crippen molar-refractivity contribution in [3.05, 3.63) is 65.3 Å². The van der Waals surface area contributed by atoms with Crippen LogP contribution in [-0.2, 0) is 16.1 Å². The van der Waals surface area contributed by atoms with Crippen molar-refractivity contribution in [2.75, 3.05) is 13.1 Å². The monoisotopic (exact) mass is 410 g/mol. The highest BCUT2D eigenvalue weighted by molar-refractivity contribution is 6.27. The molecule has 1 saturated heterocycles. The number of rotatable bonds is 4. The summed E-state index contributed by atoms with van der Waals surface area (Å²) in [7, 11) is 0. The normalized spacial score (nSPS) is 13.8. The Labute approximate surface area is 173 Å². The summed E-state index contributed by atoms with van der Waals surface area (Å²) < 4.78 is 5.45. The Balaban J connectivity index is 0.000000377. The minimum absolute atomic E-state index is 0.327. The standard InChI is InChI=1S/C19H20N4O.C2H2O4/c1-13-5-6-14(2)16(8-13)10-23-11-17(12-23)19-21-18(22-24-19)15-4-3-7-20-9-15;3-1(4)2(5)6/h3-9,17H,10-12H2,1-2H3;(H,3,4)(H,5,6). The highest BCUT2D eigenvalue weighted by Gasteiger charge is 2.32. The third-order valence-corrected chi connectivity index (χ3v) is 4.75. The van der Waals surface area contributed by atoms with Crippen LogP contribution in [0.2, 0.25) is 0 Å². The van der Waals surface area contributed by atoms with Crippen LogP contribution in [-0.4, -0.2) is 55.3 Å². The quantitative estimate of drug-likeness (QED) is 0.623. The average Bonchev–Trinajstić information content (AvgIpc) is 3.17. The minimum Gasteiger partial charge on any atom is -0.473 e. The molecule has 9 heteroatoms. The van der Waals surface area contributed by atoms with Gasteiger partial charge >= 0.3 is 11.9 Å². The van der Waals surface area contributed by atoms with Gasteiger partial charge in [0, 0.05) is 37.6 Å². The first-order chi connectivity index (χ1) is 14.3. The van der Waals surface area contributed by atoms with Crippen molar-refractivity contribution in [3.63, 3.8) is 0 Å². The Morgan fingerprint density at radius 2 is 1.90 bits per heavy atom. The zero-order chi connectivity index (χ0) is 21.7. The van der Waals surface area contributed by atoms with Crippen LogP contribution in [0.25, 0.3) is 11.4 Å². The molecule has 0 aliphatic carbocycles. The predicted molar refractivity (Wildman–Crippen MR) is 107 cm³/mol. The SMILES string of the molecule is Cc1ccc(C)c(CN2CC(c3nc(-c4cccnc4)no3)C2)c1.O=C(O)C(=O)O. The number of aryl methyl sites for hydroxylation is 2. The number of carbonyl (C=O) groups is 2. The number of aromatic nitrogens is 3. The minimum atomic E-state index is -1.82. The second-order valence-electron chi connectivity index (χ2n) is 7.13. The largest absolute Gasteiger partial charge is 0.473 e. The first kappa shape index (κ1) is 21.1. The number of likely N-dealkylation sites (tertiary alicyclic amines) is 1. The molecule has 0 bridgehead atoms. The number of nitrogens with zero attached hydrogens (tertiary/aromatic N) is 4. The van der Waals surface area contributed by atoms with E-state index in [9.17, 15) is 0 Å². The fourth-order valence-corrected chi connectivity index (χ4v) is 3.08. The summed E-state index contributed by atoms with van der Waals surface area (Å²) in [6.07, 6.45) is 3.49. The van der Waals surface area contributed by atoms with Crippen molar-refractivity contribution in [1.82, 2.24) is 20.0 Å². The number of benzene rings is 1. The van der Waals surface area contributed by atoms with Gasteiger partial charge in [-0.1, -0.05) is 28.9 Å². The van der Waals surface area contributed by atoms with E-state index in [-0.39, 0.29) is 0 Å². The Bertz CT molecular complexity index is 1020. The van der Waals surface area contributed by atoms with Gasteiger partial charge < -0.3 is 14.7 Å². The molecule has 3 heterocycles. The van der Waals surface area contributed by atoms with Gasteiger partial charge in [-0.25, -0.2) is 9.59 Å². The Morgan fingerprint density at radius 1 is 1.17 bits per heavy atom. The summed E-state index contributed by atoms with van der Waals surface area (Å²) in [4.78, 5) is 29.2. The van der Waals surface area contributed by atoms with Gasteiger partial charge in [-0.3, -0.25) is 9.88 Å². The number of hydrogen-bond donors (Lipinski definition) is 2. The summed E-state index contributed by atoms with van der Waals surface area (Å²) in [5.41, 5.74) is 4.94. The lowest BCUT2D eigenvalue weighted by Crippen LogP contribution is -2.44. The van der Waals surface area contributed by atoms with Gasteiger partial charge in [0.2, 0.25) is 11.7 Å². The van der Waals surface area contributed by atoms with Crippen LogP contribution in [0.1, 0.15) is 28.5 Å². The van der Waals surface area contributed by atoms with Gasteiger partial charge in [0.15, 0.2) is 0 Å². The van der Waals surface area contributed by atoms with Gasteiger partial charge in [0.25, 0.3) is 0 Å². The molecular weight excluding hydrogens is 388 g/mol. The summed E-state index contributed by atoms with van der Waals surface area (Å²) in [6, 6.07) is 10.4. The number of pyridine rings is 1. The molecule has 1 aliphatic rings. The van der Waals surface area contributed by atoms with E-state index in [1.165, 1.54) is 16.7 Å². The lowest BCUT2D eigenvalue weighted by molar-refractivity contribution is -0.159. The number of aliphatic carboxylic acids is 2. The second-order valence-corrected chi connectivity index (χ2v) is 7.13. The fraction of sp³-hybridized carbons (Fsp3) is 0.286. The fourth-order valence-electron chi connectivity index (χ4n) is 3.08. The molecule has 0 amide bonds. The highest BCUT2D eigenvalue weighted by Crippen LogP contribution is 2.29. The van der Waals surface area contributed by atoms with E-state index in [0.29, 0.717) is 11.7 Å². The second kappa shape index (κ2) is 9.27. The van der Waals surface area contributed by atoms with Crippen LogP contribution in [0.4, 0.5) is 0 Å². The zero-order valence-electron chi connectivity index (χ0n) is 16.6. The third kappa shape index (κ3) is 5.26. The third-order valence-electron chi connectivity index (χ3n) is 4.75. The highest BCUT2D eigenvalue weighted by atomic mass is 16.5. The summed E-state index contributed by atoms with van der Waals surface area (Å²) in [6.45, 7) is 7.21. The lowest BCUT2D eigenvalue weighted by Gasteiger charge is -2.37. The summed E-state index contributed by atoms with van der Waals surface area (Å²) in [5.74, 6) is -1.98. The molecule has 0 unspecified atom stereocenters. The van der Waals surface area contributed by atoms with E-state index in [4.69, 9.17) is 24.3 Å². The van der Waals surface area contributed by atoms with E-state index in [0.717, 1.165) is 31.1 Å². The molecule has 0 saturated carbocycles. The van der Waals surface area contributed by atoms with Crippen LogP contribution >= 0.6 is 0 Å². The molecule has 30 heavy (non-hydrogen) atoms. The lowest BCUT2D eigenvalue weighted by atomic mass is 9.97. The van der Waals surface area contributed by atoms with E-state index >= 15 is 0 Å². The van der Waals surface area contributed by atoms with Crippen LogP contribution in [0.5, 0.6) is 0 Å². The molecule has 0 atom stereocenters. The van der Waals surface area contributed by atoms with Gasteiger partial charge in [0.1, 0.15) is 0 Å². The molecule has 9 nitrogen and oxygen atoms in total. The molecular formula is C21H22N4O5. The van der Waals surface area contributed by atoms with Crippen LogP contribution in [0, 0.1) is 13.8 Å². The summed E-state index contributed by atoms with van der Waals surface area (Å²) in [5, 5.41) is 18.9. The van der Waals surface area contributed by atoms with Crippen molar-refractivity contribution in [2.45, 2.75) is 26.3 Å². The van der Waals surface area contributed by atoms with Crippen molar-refractivity contribution >= 4 is 11.9 Å². The Morgan fingerprint density at radius 3 is 2.53 bits per heavy atom. The van der Waals surface area contributed by atoms with E-state index < -0.39 is 11.9 Å². The maximum absolute atomic E-state index is 9.10. The summed E-state index contributed by atoms with van der Waals surface area (Å²) >= 11 is 0. The van der Waals surface area contributed by atoms with Crippen LogP contribution < -0.4 is 0 Å². The van der Waals surface area contributed by atoms with Gasteiger partial charge in [-0.05, 0) is 37.1 Å². The zero-order valence-corrected chi connectivity index (χ0v) is 16.6.